The fourth-order valence-electron chi connectivity index (χ4n) is 2.01. The topological polar surface area (TPSA) is 21.3 Å². The monoisotopic (exact) mass is 257 g/mol. The van der Waals surface area contributed by atoms with E-state index in [-0.39, 0.29) is 17.9 Å². The minimum absolute atomic E-state index is 0.111. The molecule has 2 unspecified atom stereocenters. The zero-order valence-corrected chi connectivity index (χ0v) is 11.2. The molecule has 0 fully saturated rings. The Kier molecular flexibility index (Phi) is 6.05. The van der Waals surface area contributed by atoms with Gasteiger partial charge in [0.05, 0.1) is 0 Å². The number of likely N-dealkylation sites (N-methyl/N-ethyl adjacent to an activating group) is 1. The fraction of sp³-hybridized carbons (Fsp3) is 0.571. The molecule has 0 saturated heterocycles. The maximum atomic E-state index is 13.5. The van der Waals surface area contributed by atoms with E-state index in [0.29, 0.717) is 0 Å². The molecule has 2 atom stereocenters. The van der Waals surface area contributed by atoms with Crippen LogP contribution in [0.5, 0.6) is 5.75 Å². The number of hydrogen-bond donors (Lipinski definition) is 1. The first kappa shape index (κ1) is 14.9. The van der Waals surface area contributed by atoms with Crippen LogP contribution in [0.25, 0.3) is 0 Å². The predicted molar refractivity (Wildman–Crippen MR) is 68.8 cm³/mol. The van der Waals surface area contributed by atoms with E-state index in [0.717, 1.165) is 25.3 Å². The maximum absolute atomic E-state index is 13.5. The molecule has 0 radical (unpaired) electrons. The predicted octanol–water partition coefficient (Wildman–Crippen LogP) is 3.51. The first-order chi connectivity index (χ1) is 8.62. The van der Waals surface area contributed by atoms with Gasteiger partial charge in [-0.25, -0.2) is 8.78 Å². The van der Waals surface area contributed by atoms with Crippen molar-refractivity contribution in [3.05, 3.63) is 29.8 Å². The van der Waals surface area contributed by atoms with Gasteiger partial charge in [0.2, 0.25) is 0 Å². The van der Waals surface area contributed by atoms with Gasteiger partial charge in [-0.3, -0.25) is 0 Å². The van der Waals surface area contributed by atoms with Crippen molar-refractivity contribution in [3.63, 3.8) is 0 Å². The lowest BCUT2D eigenvalue weighted by Crippen LogP contribution is -2.41. The average Bonchev–Trinajstić information content (AvgIpc) is 2.36. The van der Waals surface area contributed by atoms with Crippen molar-refractivity contribution in [2.24, 2.45) is 0 Å². The Hall–Kier alpha value is -1.16. The van der Waals surface area contributed by atoms with Crippen LogP contribution in [0, 0.1) is 11.6 Å². The molecule has 1 aromatic carbocycles. The van der Waals surface area contributed by atoms with Crippen molar-refractivity contribution in [3.8, 4) is 5.75 Å². The lowest BCUT2D eigenvalue weighted by molar-refractivity contribution is 0.140. The van der Waals surface area contributed by atoms with Crippen LogP contribution < -0.4 is 10.1 Å². The van der Waals surface area contributed by atoms with Crippen LogP contribution in [0.2, 0.25) is 0 Å². The SMILES string of the molecule is CCCC(NC)C(CC)Oc1ccc(F)cc1F. The van der Waals surface area contributed by atoms with Gasteiger partial charge >= 0.3 is 0 Å². The molecule has 0 aromatic heterocycles. The molecule has 0 bridgehead atoms. The molecule has 1 aromatic rings. The summed E-state index contributed by atoms with van der Waals surface area (Å²) in [7, 11) is 1.87. The van der Waals surface area contributed by atoms with E-state index in [1.165, 1.54) is 12.1 Å². The maximum Gasteiger partial charge on any atom is 0.167 e. The lowest BCUT2D eigenvalue weighted by Gasteiger charge is -2.26. The second-order valence-corrected chi connectivity index (χ2v) is 4.32. The van der Waals surface area contributed by atoms with E-state index >= 15 is 0 Å². The van der Waals surface area contributed by atoms with Gasteiger partial charge in [0, 0.05) is 12.1 Å². The summed E-state index contributed by atoms with van der Waals surface area (Å²) in [6.07, 6.45) is 2.63. The van der Waals surface area contributed by atoms with E-state index in [1.54, 1.807) is 0 Å². The molecule has 0 saturated carbocycles. The smallest absolute Gasteiger partial charge is 0.167 e. The summed E-state index contributed by atoms with van der Waals surface area (Å²) in [6.45, 7) is 4.08. The molecule has 4 heteroatoms. The molecule has 1 rings (SSSR count). The van der Waals surface area contributed by atoms with Crippen LogP contribution in [0.1, 0.15) is 33.1 Å². The molecular formula is C14H21F2NO. The van der Waals surface area contributed by atoms with Crippen LogP contribution in [0.4, 0.5) is 8.78 Å². The lowest BCUT2D eigenvalue weighted by atomic mass is 10.0. The highest BCUT2D eigenvalue weighted by Crippen LogP contribution is 2.21. The molecule has 0 spiro atoms. The van der Waals surface area contributed by atoms with Crippen LogP contribution in [0.3, 0.4) is 0 Å². The Labute approximate surface area is 107 Å². The third kappa shape index (κ3) is 3.95. The van der Waals surface area contributed by atoms with E-state index in [2.05, 4.69) is 12.2 Å². The number of rotatable bonds is 7. The van der Waals surface area contributed by atoms with Gasteiger partial charge in [-0.2, -0.15) is 0 Å². The number of halogens is 2. The van der Waals surface area contributed by atoms with Gasteiger partial charge in [-0.05, 0) is 32.0 Å². The van der Waals surface area contributed by atoms with E-state index in [1.807, 2.05) is 14.0 Å². The Morgan fingerprint density at radius 1 is 1.28 bits per heavy atom. The minimum Gasteiger partial charge on any atom is -0.486 e. The molecule has 0 aliphatic rings. The zero-order valence-electron chi connectivity index (χ0n) is 11.2. The summed E-state index contributed by atoms with van der Waals surface area (Å²) in [5.74, 6) is -1.13. The van der Waals surface area contributed by atoms with Gasteiger partial charge in [-0.1, -0.05) is 20.3 Å². The first-order valence-corrected chi connectivity index (χ1v) is 6.41. The Bertz CT molecular complexity index is 371. The van der Waals surface area contributed by atoms with Crippen molar-refractivity contribution in [1.82, 2.24) is 5.32 Å². The Balaban J connectivity index is 2.78. The van der Waals surface area contributed by atoms with E-state index < -0.39 is 11.6 Å². The van der Waals surface area contributed by atoms with E-state index in [9.17, 15) is 8.78 Å². The fourth-order valence-corrected chi connectivity index (χ4v) is 2.01. The van der Waals surface area contributed by atoms with Crippen LogP contribution in [0.15, 0.2) is 18.2 Å². The molecule has 0 amide bonds. The molecule has 0 heterocycles. The van der Waals surface area contributed by atoms with Gasteiger partial charge in [0.1, 0.15) is 11.9 Å². The van der Waals surface area contributed by atoms with Crippen molar-refractivity contribution in [1.29, 1.82) is 0 Å². The standard InChI is InChI=1S/C14H21F2NO/c1-4-6-12(17-3)13(5-2)18-14-8-7-10(15)9-11(14)16/h7-9,12-13,17H,4-6H2,1-3H3. The Morgan fingerprint density at radius 3 is 2.50 bits per heavy atom. The average molecular weight is 257 g/mol. The van der Waals surface area contributed by atoms with Crippen molar-refractivity contribution >= 4 is 0 Å². The second-order valence-electron chi connectivity index (χ2n) is 4.32. The van der Waals surface area contributed by atoms with Gasteiger partial charge in [0.25, 0.3) is 0 Å². The number of ether oxygens (including phenoxy) is 1. The number of benzene rings is 1. The quantitative estimate of drug-likeness (QED) is 0.807. The minimum atomic E-state index is -0.653. The van der Waals surface area contributed by atoms with Crippen molar-refractivity contribution in [2.45, 2.75) is 45.3 Å². The molecular weight excluding hydrogens is 236 g/mol. The van der Waals surface area contributed by atoms with Crippen LogP contribution in [-0.4, -0.2) is 19.2 Å². The number of nitrogens with one attached hydrogen (secondary N) is 1. The van der Waals surface area contributed by atoms with Crippen molar-refractivity contribution < 1.29 is 13.5 Å². The van der Waals surface area contributed by atoms with Crippen LogP contribution in [-0.2, 0) is 0 Å². The van der Waals surface area contributed by atoms with Gasteiger partial charge < -0.3 is 10.1 Å². The largest absolute Gasteiger partial charge is 0.486 e. The van der Waals surface area contributed by atoms with Crippen molar-refractivity contribution in [2.75, 3.05) is 7.05 Å². The summed E-state index contributed by atoms with van der Waals surface area (Å²) in [4.78, 5) is 0. The number of hydrogen-bond acceptors (Lipinski definition) is 2. The molecule has 0 aliphatic heterocycles. The normalized spacial score (nSPS) is 14.3. The highest BCUT2D eigenvalue weighted by molar-refractivity contribution is 5.25. The third-order valence-electron chi connectivity index (χ3n) is 2.99. The third-order valence-corrected chi connectivity index (χ3v) is 2.99. The van der Waals surface area contributed by atoms with Crippen LogP contribution >= 0.6 is 0 Å². The summed E-state index contributed by atoms with van der Waals surface area (Å²) < 4.78 is 32.0. The highest BCUT2D eigenvalue weighted by Gasteiger charge is 2.20. The first-order valence-electron chi connectivity index (χ1n) is 6.41. The van der Waals surface area contributed by atoms with Gasteiger partial charge in [-0.15, -0.1) is 0 Å². The summed E-state index contributed by atoms with van der Waals surface area (Å²) in [5.41, 5.74) is 0. The molecule has 0 aliphatic carbocycles. The summed E-state index contributed by atoms with van der Waals surface area (Å²) >= 11 is 0. The van der Waals surface area contributed by atoms with E-state index in [4.69, 9.17) is 4.74 Å². The van der Waals surface area contributed by atoms with Gasteiger partial charge in [0.15, 0.2) is 11.6 Å². The molecule has 1 N–H and O–H groups in total. The second kappa shape index (κ2) is 7.31. The molecule has 2 nitrogen and oxygen atoms in total. The Morgan fingerprint density at radius 2 is 2.00 bits per heavy atom. The molecule has 18 heavy (non-hydrogen) atoms. The highest BCUT2D eigenvalue weighted by atomic mass is 19.1. The zero-order chi connectivity index (χ0) is 13.5. The summed E-state index contributed by atoms with van der Waals surface area (Å²) in [6, 6.07) is 3.56. The summed E-state index contributed by atoms with van der Waals surface area (Å²) in [5, 5.41) is 3.18. The molecule has 102 valence electrons.